The number of carbonyl (C=O) groups is 1. The molecule has 1 heterocycles. The summed E-state index contributed by atoms with van der Waals surface area (Å²) in [4.78, 5) is 13.1. The average Bonchev–Trinajstić information content (AvgIpc) is 2.84. The van der Waals surface area contributed by atoms with Gasteiger partial charge in [-0.25, -0.2) is 0 Å². The summed E-state index contributed by atoms with van der Waals surface area (Å²) < 4.78 is 0.875. The molecule has 0 saturated carbocycles. The van der Waals surface area contributed by atoms with Gasteiger partial charge in [-0.2, -0.15) is 0 Å². The van der Waals surface area contributed by atoms with Crippen LogP contribution < -0.4 is 0 Å². The Kier molecular flexibility index (Phi) is 4.26. The number of halogens is 1. The van der Waals surface area contributed by atoms with E-state index in [1.165, 1.54) is 16.9 Å². The van der Waals surface area contributed by atoms with Gasteiger partial charge >= 0.3 is 0 Å². The summed E-state index contributed by atoms with van der Waals surface area (Å²) in [6, 6.07) is 9.91. The van der Waals surface area contributed by atoms with Gasteiger partial charge in [0.05, 0.1) is 4.88 Å². The number of ketones is 1. The predicted molar refractivity (Wildman–Crippen MR) is 85.2 cm³/mol. The van der Waals surface area contributed by atoms with E-state index in [2.05, 4.69) is 48.8 Å². The van der Waals surface area contributed by atoms with Crippen molar-refractivity contribution < 1.29 is 4.79 Å². The molecule has 0 aliphatic rings. The Morgan fingerprint density at radius 1 is 1.21 bits per heavy atom. The Morgan fingerprint density at radius 3 is 2.32 bits per heavy atom. The first-order chi connectivity index (χ1) is 8.95. The fourth-order valence-electron chi connectivity index (χ4n) is 1.86. The molecule has 1 nitrogen and oxygen atoms in total. The summed E-state index contributed by atoms with van der Waals surface area (Å²) in [6.07, 6.45) is 1.08. The van der Waals surface area contributed by atoms with Crippen molar-refractivity contribution in [3.05, 3.63) is 56.2 Å². The van der Waals surface area contributed by atoms with Crippen molar-refractivity contribution in [2.75, 3.05) is 0 Å². The van der Waals surface area contributed by atoms with Crippen LogP contribution in [0.1, 0.15) is 48.0 Å². The van der Waals surface area contributed by atoms with Crippen LogP contribution in [0.3, 0.4) is 0 Å². The fraction of sp³-hybridized carbons (Fsp3) is 0.312. The highest BCUT2D eigenvalue weighted by molar-refractivity contribution is 9.10. The number of thiophene rings is 1. The SMILES string of the molecule is CCC(C)(C)c1ccc(C(=O)c2sccc2Br)cc1. The van der Waals surface area contributed by atoms with Gasteiger partial charge in [-0.05, 0) is 44.8 Å². The van der Waals surface area contributed by atoms with Crippen molar-refractivity contribution in [1.29, 1.82) is 0 Å². The predicted octanol–water partition coefficient (Wildman–Crippen LogP) is 5.43. The quantitative estimate of drug-likeness (QED) is 0.680. The minimum atomic E-state index is 0.0859. The van der Waals surface area contributed by atoms with E-state index in [9.17, 15) is 4.79 Å². The van der Waals surface area contributed by atoms with Crippen LogP contribution in [-0.4, -0.2) is 5.78 Å². The van der Waals surface area contributed by atoms with E-state index in [0.717, 1.165) is 21.3 Å². The van der Waals surface area contributed by atoms with Crippen LogP contribution in [0.15, 0.2) is 40.2 Å². The van der Waals surface area contributed by atoms with Crippen molar-refractivity contribution >= 4 is 33.0 Å². The third-order valence-corrected chi connectivity index (χ3v) is 5.47. The maximum absolute atomic E-state index is 12.3. The summed E-state index contributed by atoms with van der Waals surface area (Å²) in [5, 5.41) is 1.92. The zero-order valence-electron chi connectivity index (χ0n) is 11.4. The van der Waals surface area contributed by atoms with Crippen molar-refractivity contribution in [2.45, 2.75) is 32.6 Å². The number of rotatable bonds is 4. The van der Waals surface area contributed by atoms with Crippen molar-refractivity contribution in [2.24, 2.45) is 0 Å². The molecular weight excluding hydrogens is 320 g/mol. The van der Waals surface area contributed by atoms with Gasteiger partial charge in [0, 0.05) is 10.0 Å². The smallest absolute Gasteiger partial charge is 0.204 e. The third-order valence-electron chi connectivity index (χ3n) is 3.64. The lowest BCUT2D eigenvalue weighted by Crippen LogP contribution is -2.15. The van der Waals surface area contributed by atoms with E-state index in [1.54, 1.807) is 0 Å². The normalized spacial score (nSPS) is 11.6. The van der Waals surface area contributed by atoms with E-state index in [4.69, 9.17) is 0 Å². The summed E-state index contributed by atoms with van der Waals surface area (Å²) in [6.45, 7) is 6.63. The molecule has 1 aromatic carbocycles. The standard InChI is InChI=1S/C16H17BrOS/c1-4-16(2,3)12-7-5-11(6-8-12)14(18)15-13(17)9-10-19-15/h5-10H,4H2,1-3H3. The zero-order valence-corrected chi connectivity index (χ0v) is 13.8. The second-order valence-electron chi connectivity index (χ2n) is 5.24. The zero-order chi connectivity index (χ0) is 14.0. The van der Waals surface area contributed by atoms with Crippen LogP contribution >= 0.6 is 27.3 Å². The van der Waals surface area contributed by atoms with Crippen LogP contribution in [-0.2, 0) is 5.41 Å². The molecule has 0 aliphatic carbocycles. The van der Waals surface area contributed by atoms with Gasteiger partial charge in [0.15, 0.2) is 0 Å². The monoisotopic (exact) mass is 336 g/mol. The molecule has 0 unspecified atom stereocenters. The number of carbonyl (C=O) groups excluding carboxylic acids is 1. The highest BCUT2D eigenvalue weighted by Gasteiger charge is 2.19. The molecule has 0 spiro atoms. The minimum Gasteiger partial charge on any atom is -0.288 e. The first-order valence-electron chi connectivity index (χ1n) is 6.34. The Balaban J connectivity index is 2.29. The van der Waals surface area contributed by atoms with Crippen LogP contribution in [0.5, 0.6) is 0 Å². The van der Waals surface area contributed by atoms with Gasteiger partial charge in [0.25, 0.3) is 0 Å². The van der Waals surface area contributed by atoms with Crippen LogP contribution in [0.4, 0.5) is 0 Å². The summed E-state index contributed by atoms with van der Waals surface area (Å²) >= 11 is 4.88. The van der Waals surface area contributed by atoms with Crippen LogP contribution in [0, 0.1) is 0 Å². The molecule has 2 aromatic rings. The molecule has 0 N–H and O–H groups in total. The average molecular weight is 337 g/mol. The van der Waals surface area contributed by atoms with Crippen LogP contribution in [0.25, 0.3) is 0 Å². The third kappa shape index (κ3) is 2.98. The topological polar surface area (TPSA) is 17.1 Å². The largest absolute Gasteiger partial charge is 0.288 e. The van der Waals surface area contributed by atoms with E-state index in [1.807, 2.05) is 23.6 Å². The molecule has 0 radical (unpaired) electrons. The van der Waals surface area contributed by atoms with Gasteiger partial charge in [0.2, 0.25) is 5.78 Å². The highest BCUT2D eigenvalue weighted by Crippen LogP contribution is 2.29. The minimum absolute atomic E-state index is 0.0859. The first kappa shape index (κ1) is 14.5. The van der Waals surface area contributed by atoms with Crippen molar-refractivity contribution in [3.8, 4) is 0 Å². The molecule has 100 valence electrons. The van der Waals surface area contributed by atoms with E-state index in [0.29, 0.717) is 0 Å². The molecule has 1 aromatic heterocycles. The Hall–Kier alpha value is -0.930. The first-order valence-corrected chi connectivity index (χ1v) is 8.01. The molecule has 0 atom stereocenters. The summed E-state index contributed by atoms with van der Waals surface area (Å²) in [5.74, 6) is 0.0859. The van der Waals surface area contributed by atoms with Gasteiger partial charge in [-0.15, -0.1) is 11.3 Å². The lowest BCUT2D eigenvalue weighted by atomic mass is 9.82. The highest BCUT2D eigenvalue weighted by atomic mass is 79.9. The molecule has 19 heavy (non-hydrogen) atoms. The summed E-state index contributed by atoms with van der Waals surface area (Å²) in [7, 11) is 0. The number of hydrogen-bond donors (Lipinski definition) is 0. The molecule has 3 heteroatoms. The van der Waals surface area contributed by atoms with Gasteiger partial charge in [-0.1, -0.05) is 45.0 Å². The number of hydrogen-bond acceptors (Lipinski definition) is 2. The second-order valence-corrected chi connectivity index (χ2v) is 7.01. The molecule has 0 aliphatic heterocycles. The van der Waals surface area contributed by atoms with Gasteiger partial charge in [0.1, 0.15) is 0 Å². The number of benzene rings is 1. The second kappa shape index (κ2) is 5.59. The van der Waals surface area contributed by atoms with E-state index < -0.39 is 0 Å². The molecule has 0 bridgehead atoms. The van der Waals surface area contributed by atoms with Crippen molar-refractivity contribution in [1.82, 2.24) is 0 Å². The van der Waals surface area contributed by atoms with E-state index >= 15 is 0 Å². The fourth-order valence-corrected chi connectivity index (χ4v) is 3.38. The Bertz CT molecular complexity index is 581. The maximum Gasteiger partial charge on any atom is 0.204 e. The van der Waals surface area contributed by atoms with E-state index in [-0.39, 0.29) is 11.2 Å². The van der Waals surface area contributed by atoms with Gasteiger partial charge < -0.3 is 0 Å². The molecule has 0 saturated heterocycles. The molecular formula is C16H17BrOS. The maximum atomic E-state index is 12.3. The molecule has 0 amide bonds. The lowest BCUT2D eigenvalue weighted by Gasteiger charge is -2.23. The Morgan fingerprint density at radius 2 is 1.84 bits per heavy atom. The van der Waals surface area contributed by atoms with Gasteiger partial charge in [-0.3, -0.25) is 4.79 Å². The lowest BCUT2D eigenvalue weighted by molar-refractivity contribution is 0.104. The Labute approximate surface area is 126 Å². The summed E-state index contributed by atoms with van der Waals surface area (Å²) in [5.41, 5.74) is 2.18. The molecule has 0 fully saturated rings. The van der Waals surface area contributed by atoms with Crippen LogP contribution in [0.2, 0.25) is 0 Å². The van der Waals surface area contributed by atoms with Crippen molar-refractivity contribution in [3.63, 3.8) is 0 Å². The molecule has 2 rings (SSSR count).